The summed E-state index contributed by atoms with van der Waals surface area (Å²) in [5.74, 6) is 3.59. The molecule has 0 fully saturated rings. The fourth-order valence-corrected chi connectivity index (χ4v) is 1.21. The number of rotatable bonds is 2. The van der Waals surface area contributed by atoms with Gasteiger partial charge in [-0.25, -0.2) is 0 Å². The van der Waals surface area contributed by atoms with Crippen LogP contribution in [0.5, 0.6) is 0 Å². The molecule has 0 heterocycles. The number of hydrogen-bond acceptors (Lipinski definition) is 3. The molecule has 1 aromatic carbocycles. The number of hydrogen-bond donors (Lipinski definition) is 1. The van der Waals surface area contributed by atoms with Crippen molar-refractivity contribution in [3.63, 3.8) is 0 Å². The highest BCUT2D eigenvalue weighted by atomic mass is 35.5. The lowest BCUT2D eigenvalue weighted by Crippen LogP contribution is -1.94. The Kier molecular flexibility index (Phi) is 3.86. The van der Waals surface area contributed by atoms with E-state index in [1.54, 1.807) is 0 Å². The molecule has 0 aliphatic carbocycles. The van der Waals surface area contributed by atoms with E-state index in [0.29, 0.717) is 0 Å². The molecule has 0 bridgehead atoms. The highest BCUT2D eigenvalue weighted by Crippen LogP contribution is 2.24. The number of halogens is 1. The molecule has 0 spiro atoms. The van der Waals surface area contributed by atoms with Gasteiger partial charge < -0.3 is 5.11 Å². The Bertz CT molecular complexity index is 501. The van der Waals surface area contributed by atoms with Crippen molar-refractivity contribution in [2.75, 3.05) is 0 Å². The van der Waals surface area contributed by atoms with Gasteiger partial charge in [0.15, 0.2) is 0 Å². The zero-order valence-corrected chi connectivity index (χ0v) is 8.69. The van der Waals surface area contributed by atoms with Crippen LogP contribution in [0.15, 0.2) is 18.2 Å². The van der Waals surface area contributed by atoms with E-state index in [0.717, 1.165) is 0 Å². The van der Waals surface area contributed by atoms with E-state index in [1.807, 2.05) is 0 Å². The maximum atomic E-state index is 10.6. The quantitative estimate of drug-likeness (QED) is 0.487. The number of nitrogens with zero attached hydrogens (tertiary/aromatic N) is 1. The number of aliphatic carboxylic acids is 1. The Morgan fingerprint density at radius 3 is 2.81 bits per heavy atom. The topological polar surface area (TPSA) is 80.4 Å². The number of carbonyl (C=O) groups is 1. The molecule has 0 aliphatic heterocycles. The molecule has 16 heavy (non-hydrogen) atoms. The predicted octanol–water partition coefficient (Wildman–Crippen LogP) is 2.07. The monoisotopic (exact) mass is 239 g/mol. The summed E-state index contributed by atoms with van der Waals surface area (Å²) >= 11 is 5.73. The van der Waals surface area contributed by atoms with Crippen LogP contribution < -0.4 is 0 Å². The number of nitro benzene ring substituents is 1. The Morgan fingerprint density at radius 2 is 2.25 bits per heavy atom. The van der Waals surface area contributed by atoms with Gasteiger partial charge in [0.05, 0.1) is 9.95 Å². The van der Waals surface area contributed by atoms with Crippen LogP contribution in [0.1, 0.15) is 12.0 Å². The highest BCUT2D eigenvalue weighted by Gasteiger charge is 2.14. The lowest BCUT2D eigenvalue weighted by molar-refractivity contribution is -0.385. The molecule has 0 atom stereocenters. The van der Waals surface area contributed by atoms with E-state index in [4.69, 9.17) is 16.7 Å². The predicted molar refractivity (Wildman–Crippen MR) is 57.2 cm³/mol. The van der Waals surface area contributed by atoms with E-state index in [9.17, 15) is 14.9 Å². The summed E-state index contributed by atoms with van der Waals surface area (Å²) < 4.78 is 0. The summed E-state index contributed by atoms with van der Waals surface area (Å²) in [5.41, 5.74) is -0.194. The Balaban J connectivity index is 3.14. The van der Waals surface area contributed by atoms with E-state index >= 15 is 0 Å². The molecular weight excluding hydrogens is 234 g/mol. The van der Waals surface area contributed by atoms with E-state index < -0.39 is 10.9 Å². The van der Waals surface area contributed by atoms with Crippen LogP contribution in [0, 0.1) is 22.0 Å². The van der Waals surface area contributed by atoms with Gasteiger partial charge in [0.1, 0.15) is 12.0 Å². The molecule has 0 saturated carbocycles. The molecule has 0 amide bonds. The molecule has 0 unspecified atom stereocenters. The average molecular weight is 240 g/mol. The van der Waals surface area contributed by atoms with Crippen molar-refractivity contribution in [3.8, 4) is 11.8 Å². The molecule has 0 saturated heterocycles. The van der Waals surface area contributed by atoms with Crippen molar-refractivity contribution in [3.05, 3.63) is 38.9 Å². The van der Waals surface area contributed by atoms with Crippen molar-refractivity contribution >= 4 is 23.3 Å². The summed E-state index contributed by atoms with van der Waals surface area (Å²) in [4.78, 5) is 20.2. The summed E-state index contributed by atoms with van der Waals surface area (Å²) in [6.45, 7) is 0. The van der Waals surface area contributed by atoms with E-state index in [-0.39, 0.29) is 22.7 Å². The molecule has 1 N–H and O–H groups in total. The molecule has 0 aliphatic rings. The van der Waals surface area contributed by atoms with Crippen molar-refractivity contribution in [2.45, 2.75) is 6.42 Å². The molecular formula is C10H6ClNO4. The van der Waals surface area contributed by atoms with Gasteiger partial charge in [-0.1, -0.05) is 29.5 Å². The van der Waals surface area contributed by atoms with Crippen molar-refractivity contribution in [1.29, 1.82) is 0 Å². The SMILES string of the molecule is O=C(O)CC#Cc1c(Cl)cccc1[N+](=O)[O-]. The Hall–Kier alpha value is -2.06. The zero-order valence-electron chi connectivity index (χ0n) is 7.94. The van der Waals surface area contributed by atoms with Crippen LogP contribution in [0.3, 0.4) is 0 Å². The fraction of sp³-hybridized carbons (Fsp3) is 0.100. The van der Waals surface area contributed by atoms with Gasteiger partial charge in [-0.05, 0) is 6.07 Å². The maximum Gasteiger partial charge on any atom is 0.315 e. The number of carboxylic acid groups (broad SMARTS) is 1. The van der Waals surface area contributed by atoms with Gasteiger partial charge in [0, 0.05) is 6.07 Å². The van der Waals surface area contributed by atoms with Crippen LogP contribution in [0.4, 0.5) is 5.69 Å². The van der Waals surface area contributed by atoms with Gasteiger partial charge in [-0.3, -0.25) is 14.9 Å². The summed E-state index contributed by atoms with van der Waals surface area (Å²) in [7, 11) is 0. The third-order valence-electron chi connectivity index (χ3n) is 1.64. The number of benzene rings is 1. The molecule has 6 heteroatoms. The van der Waals surface area contributed by atoms with Crippen LogP contribution in [0.2, 0.25) is 5.02 Å². The first-order valence-electron chi connectivity index (χ1n) is 4.16. The lowest BCUT2D eigenvalue weighted by Gasteiger charge is -1.97. The first-order valence-corrected chi connectivity index (χ1v) is 4.53. The van der Waals surface area contributed by atoms with E-state index in [2.05, 4.69) is 11.8 Å². The third-order valence-corrected chi connectivity index (χ3v) is 1.96. The summed E-state index contributed by atoms with van der Waals surface area (Å²) in [5, 5.41) is 19.1. The maximum absolute atomic E-state index is 10.6. The van der Waals surface area contributed by atoms with Gasteiger partial charge >= 0.3 is 5.97 Å². The lowest BCUT2D eigenvalue weighted by atomic mass is 10.2. The van der Waals surface area contributed by atoms with Crippen molar-refractivity contribution in [1.82, 2.24) is 0 Å². The van der Waals surface area contributed by atoms with Gasteiger partial charge in [0.2, 0.25) is 0 Å². The van der Waals surface area contributed by atoms with Crippen LogP contribution in [-0.2, 0) is 4.79 Å². The first-order chi connectivity index (χ1) is 7.52. The van der Waals surface area contributed by atoms with Gasteiger partial charge in [0.25, 0.3) is 5.69 Å². The van der Waals surface area contributed by atoms with Crippen molar-refractivity contribution < 1.29 is 14.8 Å². The van der Waals surface area contributed by atoms with Crippen molar-refractivity contribution in [2.24, 2.45) is 0 Å². The minimum Gasteiger partial charge on any atom is -0.481 e. The Morgan fingerprint density at radius 1 is 1.56 bits per heavy atom. The second kappa shape index (κ2) is 5.14. The number of nitro groups is 1. The van der Waals surface area contributed by atoms with Gasteiger partial charge in [-0.15, -0.1) is 0 Å². The minimum atomic E-state index is -1.10. The standard InChI is InChI=1S/C10H6ClNO4/c11-8-4-2-5-9(12(15)16)7(8)3-1-6-10(13)14/h2,4-5H,6H2,(H,13,14). The smallest absolute Gasteiger partial charge is 0.315 e. The molecule has 1 aromatic rings. The summed E-state index contributed by atoms with van der Waals surface area (Å²) in [6, 6.07) is 4.15. The normalized spacial score (nSPS) is 9.06. The van der Waals surface area contributed by atoms with Crippen LogP contribution >= 0.6 is 11.6 Å². The first kappa shape index (κ1) is 12.0. The molecule has 5 nitrogen and oxygen atoms in total. The van der Waals surface area contributed by atoms with Gasteiger partial charge in [-0.2, -0.15) is 0 Å². The minimum absolute atomic E-state index is 0.0374. The highest BCUT2D eigenvalue weighted by molar-refractivity contribution is 6.32. The molecule has 0 aromatic heterocycles. The third kappa shape index (κ3) is 2.97. The second-order valence-corrected chi connectivity index (χ2v) is 3.17. The molecule has 82 valence electrons. The largest absolute Gasteiger partial charge is 0.481 e. The number of carboxylic acids is 1. The summed E-state index contributed by atoms with van der Waals surface area (Å²) in [6.07, 6.45) is -0.387. The Labute approximate surface area is 95.8 Å². The molecule has 1 rings (SSSR count). The fourth-order valence-electron chi connectivity index (χ4n) is 0.997. The van der Waals surface area contributed by atoms with Crippen LogP contribution in [-0.4, -0.2) is 16.0 Å². The molecule has 0 radical (unpaired) electrons. The second-order valence-electron chi connectivity index (χ2n) is 2.76. The zero-order chi connectivity index (χ0) is 12.1. The van der Waals surface area contributed by atoms with Crippen LogP contribution in [0.25, 0.3) is 0 Å². The average Bonchev–Trinajstić information content (AvgIpc) is 2.19. The van der Waals surface area contributed by atoms with E-state index in [1.165, 1.54) is 18.2 Å².